The largest absolute Gasteiger partial charge is 0.481 e. The van der Waals surface area contributed by atoms with Gasteiger partial charge in [0.15, 0.2) is 0 Å². The minimum Gasteiger partial charge on any atom is -0.481 e. The number of rotatable bonds is 8. The second-order valence-corrected chi connectivity index (χ2v) is 5.61. The van der Waals surface area contributed by atoms with Crippen molar-refractivity contribution in [2.45, 2.75) is 52.0 Å². The van der Waals surface area contributed by atoms with Gasteiger partial charge in [0.25, 0.3) is 0 Å². The van der Waals surface area contributed by atoms with Gasteiger partial charge in [-0.3, -0.25) is 9.59 Å². The maximum atomic E-state index is 11.8. The molecule has 0 saturated heterocycles. The normalized spacial score (nSPS) is 19.9. The lowest BCUT2D eigenvalue weighted by molar-refractivity contribution is -0.143. The molecule has 1 aliphatic carbocycles. The first-order valence-electron chi connectivity index (χ1n) is 6.64. The summed E-state index contributed by atoms with van der Waals surface area (Å²) in [6, 6.07) is 0.169. The summed E-state index contributed by atoms with van der Waals surface area (Å²) in [6.45, 7) is 4.09. The van der Waals surface area contributed by atoms with Crippen LogP contribution in [0.25, 0.3) is 0 Å². The molecule has 0 radical (unpaired) electrons. The number of carbonyl (C=O) groups excluding carboxylic acids is 1. The van der Waals surface area contributed by atoms with Crippen LogP contribution < -0.4 is 11.1 Å². The van der Waals surface area contributed by atoms with Gasteiger partial charge in [0.2, 0.25) is 5.91 Å². The summed E-state index contributed by atoms with van der Waals surface area (Å²) < 4.78 is 0. The number of hydrogen-bond acceptors (Lipinski definition) is 3. The monoisotopic (exact) mass is 256 g/mol. The molecule has 1 amide bonds. The van der Waals surface area contributed by atoms with Crippen molar-refractivity contribution < 1.29 is 14.7 Å². The molecule has 4 N–H and O–H groups in total. The lowest BCUT2D eigenvalue weighted by Crippen LogP contribution is -2.37. The van der Waals surface area contributed by atoms with Crippen molar-refractivity contribution in [3.05, 3.63) is 0 Å². The van der Waals surface area contributed by atoms with E-state index >= 15 is 0 Å². The van der Waals surface area contributed by atoms with Crippen molar-refractivity contribution in [1.82, 2.24) is 5.32 Å². The second kappa shape index (κ2) is 6.18. The molecule has 1 rings (SSSR count). The van der Waals surface area contributed by atoms with Gasteiger partial charge in [0, 0.05) is 18.5 Å². The molecule has 1 saturated carbocycles. The maximum Gasteiger partial charge on any atom is 0.311 e. The van der Waals surface area contributed by atoms with Crippen LogP contribution in [0, 0.1) is 11.3 Å². The van der Waals surface area contributed by atoms with E-state index in [1.807, 2.05) is 13.8 Å². The minimum atomic E-state index is -0.799. The fourth-order valence-electron chi connectivity index (χ4n) is 1.92. The highest BCUT2D eigenvalue weighted by Crippen LogP contribution is 2.45. The summed E-state index contributed by atoms with van der Waals surface area (Å²) in [4.78, 5) is 22.7. The molecule has 0 heterocycles. The third-order valence-electron chi connectivity index (χ3n) is 3.65. The highest BCUT2D eigenvalue weighted by Gasteiger charge is 2.50. The molecule has 0 aromatic rings. The number of hydrogen-bond donors (Lipinski definition) is 3. The van der Waals surface area contributed by atoms with Crippen LogP contribution in [0.2, 0.25) is 0 Å². The van der Waals surface area contributed by atoms with Gasteiger partial charge in [-0.25, -0.2) is 0 Å². The van der Waals surface area contributed by atoms with Gasteiger partial charge in [0.05, 0.1) is 5.41 Å². The van der Waals surface area contributed by atoms with Crippen molar-refractivity contribution in [3.63, 3.8) is 0 Å². The minimum absolute atomic E-state index is 0.0489. The highest BCUT2D eigenvalue weighted by molar-refractivity contribution is 5.81. The zero-order valence-corrected chi connectivity index (χ0v) is 11.2. The number of carboxylic acid groups (broad SMARTS) is 1. The molecule has 2 atom stereocenters. The molecule has 0 spiro atoms. The van der Waals surface area contributed by atoms with Crippen LogP contribution in [0.4, 0.5) is 0 Å². The van der Waals surface area contributed by atoms with Crippen molar-refractivity contribution in [1.29, 1.82) is 0 Å². The molecule has 5 heteroatoms. The van der Waals surface area contributed by atoms with E-state index in [-0.39, 0.29) is 24.4 Å². The number of aliphatic carboxylic acids is 1. The lowest BCUT2D eigenvalue weighted by Gasteiger charge is -2.15. The highest BCUT2D eigenvalue weighted by atomic mass is 16.4. The van der Waals surface area contributed by atoms with E-state index in [0.717, 1.165) is 19.3 Å². The number of nitrogens with one attached hydrogen (secondary N) is 1. The number of carboxylic acids is 1. The van der Waals surface area contributed by atoms with Gasteiger partial charge in [-0.15, -0.1) is 0 Å². The van der Waals surface area contributed by atoms with Crippen LogP contribution in [0.1, 0.15) is 46.0 Å². The maximum absolute atomic E-state index is 11.8. The Labute approximate surface area is 108 Å². The summed E-state index contributed by atoms with van der Waals surface area (Å²) in [5, 5.41) is 11.7. The first kappa shape index (κ1) is 15.0. The summed E-state index contributed by atoms with van der Waals surface area (Å²) in [6.07, 6.45) is 3.98. The van der Waals surface area contributed by atoms with E-state index in [9.17, 15) is 9.59 Å². The van der Waals surface area contributed by atoms with Crippen molar-refractivity contribution in [2.24, 2.45) is 17.1 Å². The quantitative estimate of drug-likeness (QED) is 0.607. The van der Waals surface area contributed by atoms with Crippen LogP contribution in [-0.2, 0) is 9.59 Å². The molecular formula is C13H24N2O3. The summed E-state index contributed by atoms with van der Waals surface area (Å²) in [7, 11) is 0. The second-order valence-electron chi connectivity index (χ2n) is 5.61. The van der Waals surface area contributed by atoms with Gasteiger partial charge in [-0.05, 0) is 32.6 Å². The molecule has 0 aromatic heterocycles. The molecule has 5 nitrogen and oxygen atoms in total. The molecule has 104 valence electrons. The van der Waals surface area contributed by atoms with E-state index < -0.39 is 11.4 Å². The summed E-state index contributed by atoms with van der Waals surface area (Å²) >= 11 is 0. The number of carbonyl (C=O) groups is 2. The van der Waals surface area contributed by atoms with Crippen LogP contribution in [0.3, 0.4) is 0 Å². The molecule has 0 bridgehead atoms. The van der Waals surface area contributed by atoms with E-state index in [1.165, 1.54) is 0 Å². The smallest absolute Gasteiger partial charge is 0.311 e. The Kier molecular flexibility index (Phi) is 5.14. The van der Waals surface area contributed by atoms with Crippen molar-refractivity contribution in [3.8, 4) is 0 Å². The Balaban J connectivity index is 2.22. The number of amides is 1. The average molecular weight is 256 g/mol. The zero-order chi connectivity index (χ0) is 13.8. The van der Waals surface area contributed by atoms with Gasteiger partial charge in [0.1, 0.15) is 0 Å². The van der Waals surface area contributed by atoms with Gasteiger partial charge >= 0.3 is 5.97 Å². The van der Waals surface area contributed by atoms with E-state index in [4.69, 9.17) is 10.8 Å². The molecule has 1 aliphatic rings. The Hall–Kier alpha value is -1.10. The van der Waals surface area contributed by atoms with Crippen LogP contribution in [0.15, 0.2) is 0 Å². The fourth-order valence-corrected chi connectivity index (χ4v) is 1.92. The first-order chi connectivity index (χ1) is 8.37. The van der Waals surface area contributed by atoms with Crippen LogP contribution in [0.5, 0.6) is 0 Å². The molecule has 1 fully saturated rings. The van der Waals surface area contributed by atoms with Crippen molar-refractivity contribution in [2.75, 3.05) is 6.54 Å². The van der Waals surface area contributed by atoms with Crippen molar-refractivity contribution >= 4 is 11.9 Å². The van der Waals surface area contributed by atoms with Crippen LogP contribution in [-0.4, -0.2) is 29.6 Å². The standard InChI is InChI=1S/C13H24N2O3/c1-9(4-3-5-10(2)14)11(16)15-8-13(6-7-13)12(17)18/h9-10H,3-8,14H2,1-2H3,(H,15,16)(H,17,18). The third kappa shape index (κ3) is 4.29. The predicted molar refractivity (Wildman–Crippen MR) is 69.0 cm³/mol. The number of nitrogens with two attached hydrogens (primary N) is 1. The topological polar surface area (TPSA) is 92.4 Å². The molecule has 0 aromatic carbocycles. The van der Waals surface area contributed by atoms with Crippen LogP contribution >= 0.6 is 0 Å². The SMILES string of the molecule is CC(N)CCCC(C)C(=O)NCC1(C(=O)O)CC1. The van der Waals surface area contributed by atoms with Gasteiger partial charge in [-0.2, -0.15) is 0 Å². The Bertz CT molecular complexity index is 311. The Morgan fingerprint density at radius 3 is 2.39 bits per heavy atom. The van der Waals surface area contributed by atoms with E-state index in [0.29, 0.717) is 12.8 Å². The summed E-state index contributed by atoms with van der Waals surface area (Å²) in [5.41, 5.74) is 4.97. The fraction of sp³-hybridized carbons (Fsp3) is 0.846. The Morgan fingerprint density at radius 2 is 1.94 bits per heavy atom. The molecule has 0 aliphatic heterocycles. The van der Waals surface area contributed by atoms with E-state index in [1.54, 1.807) is 0 Å². The van der Waals surface area contributed by atoms with Gasteiger partial charge in [-0.1, -0.05) is 13.3 Å². The third-order valence-corrected chi connectivity index (χ3v) is 3.65. The van der Waals surface area contributed by atoms with Gasteiger partial charge < -0.3 is 16.2 Å². The van der Waals surface area contributed by atoms with E-state index in [2.05, 4.69) is 5.32 Å². The predicted octanol–water partition coefficient (Wildman–Crippen LogP) is 1.12. The Morgan fingerprint density at radius 1 is 1.33 bits per heavy atom. The lowest BCUT2D eigenvalue weighted by atomic mass is 10.0. The zero-order valence-electron chi connectivity index (χ0n) is 11.2. The summed E-state index contributed by atoms with van der Waals surface area (Å²) in [5.74, 6) is -0.923. The molecule has 2 unspecified atom stereocenters. The molecular weight excluding hydrogens is 232 g/mol. The first-order valence-corrected chi connectivity index (χ1v) is 6.64. The molecule has 18 heavy (non-hydrogen) atoms. The average Bonchev–Trinajstić information content (AvgIpc) is 3.06.